The van der Waals surface area contributed by atoms with Crippen LogP contribution in [0.4, 0.5) is 0 Å². The Hall–Kier alpha value is -2.40. The van der Waals surface area contributed by atoms with Crippen LogP contribution in [-0.4, -0.2) is 36.4 Å². The second-order valence-corrected chi connectivity index (χ2v) is 22.2. The van der Waals surface area contributed by atoms with Crippen molar-refractivity contribution < 1.29 is 24.2 Å². The Balaban J connectivity index is 3.41. The lowest BCUT2D eigenvalue weighted by Gasteiger charge is -2.15. The van der Waals surface area contributed by atoms with Crippen molar-refractivity contribution in [2.24, 2.45) is 0 Å². The molecule has 0 fully saturated rings. The monoisotopic (exact) mass is 1030 g/mol. The topological polar surface area (TPSA) is 72.8 Å². The summed E-state index contributed by atoms with van der Waals surface area (Å²) in [6.45, 7) is 4.08. The minimum Gasteiger partial charge on any atom is -0.462 e. The minimum absolute atomic E-state index is 0.0615. The molecule has 0 spiro atoms. The minimum atomic E-state index is -0.772. The van der Waals surface area contributed by atoms with Gasteiger partial charge in [-0.2, -0.15) is 0 Å². The van der Waals surface area contributed by atoms with Crippen LogP contribution in [0.25, 0.3) is 0 Å². The summed E-state index contributed by atoms with van der Waals surface area (Å²) in [4.78, 5) is 24.6. The molecule has 1 atom stereocenters. The first kappa shape index (κ1) is 71.6. The molecule has 0 aliphatic carbocycles. The van der Waals surface area contributed by atoms with Crippen molar-refractivity contribution in [3.63, 3.8) is 0 Å². The zero-order valence-corrected chi connectivity index (χ0v) is 49.6. The van der Waals surface area contributed by atoms with Gasteiger partial charge in [-0.1, -0.05) is 319 Å². The fourth-order valence-corrected chi connectivity index (χ4v) is 9.90. The van der Waals surface area contributed by atoms with Gasteiger partial charge < -0.3 is 14.6 Å². The van der Waals surface area contributed by atoms with Crippen molar-refractivity contribution in [3.8, 4) is 0 Å². The van der Waals surface area contributed by atoms with Crippen molar-refractivity contribution >= 4 is 11.9 Å². The van der Waals surface area contributed by atoms with Gasteiger partial charge in [0.2, 0.25) is 0 Å². The summed E-state index contributed by atoms with van der Waals surface area (Å²) in [7, 11) is 0. The summed E-state index contributed by atoms with van der Waals surface area (Å²) in [5, 5.41) is 9.69. The first-order valence-corrected chi connectivity index (χ1v) is 32.8. The molecule has 0 bridgehead atoms. The molecule has 0 aromatic rings. The van der Waals surface area contributed by atoms with Crippen molar-refractivity contribution in [2.45, 2.75) is 354 Å². The van der Waals surface area contributed by atoms with Crippen LogP contribution in [0.15, 0.2) is 60.8 Å². The van der Waals surface area contributed by atoms with E-state index >= 15 is 0 Å². The Labute approximate surface area is 461 Å². The molecule has 0 radical (unpaired) electrons. The molecular formula is C69H126O5. The molecule has 1 N–H and O–H groups in total. The number of aliphatic hydroxyl groups excluding tert-OH is 1. The summed E-state index contributed by atoms with van der Waals surface area (Å²) in [6, 6.07) is 0. The van der Waals surface area contributed by atoms with Crippen LogP contribution in [0, 0.1) is 0 Å². The Kier molecular flexibility index (Phi) is 62.8. The fraction of sp³-hybridized carbons (Fsp3) is 0.826. The van der Waals surface area contributed by atoms with Crippen LogP contribution in [-0.2, 0) is 19.1 Å². The maximum atomic E-state index is 12.4. The van der Waals surface area contributed by atoms with Crippen LogP contribution in [0.2, 0.25) is 0 Å². The SMILES string of the molecule is CC/C=C\C/C=C\C/C=C\C/C=C\CCCCCCCCCCCCCCCCCCCCCCC(=O)OC(CO)COC(=O)CCCCCCCCCCCCCCCCC/C=C\CCCCCCCCCC. The van der Waals surface area contributed by atoms with E-state index in [9.17, 15) is 14.7 Å². The summed E-state index contributed by atoms with van der Waals surface area (Å²) >= 11 is 0. The van der Waals surface area contributed by atoms with E-state index in [0.717, 1.165) is 64.2 Å². The van der Waals surface area contributed by atoms with E-state index in [4.69, 9.17) is 9.47 Å². The predicted molar refractivity (Wildman–Crippen MR) is 325 cm³/mol. The number of hydrogen-bond donors (Lipinski definition) is 1. The van der Waals surface area contributed by atoms with E-state index in [2.05, 4.69) is 74.6 Å². The maximum Gasteiger partial charge on any atom is 0.306 e. The van der Waals surface area contributed by atoms with Gasteiger partial charge in [-0.05, 0) is 77.0 Å². The molecule has 0 aromatic carbocycles. The van der Waals surface area contributed by atoms with Crippen LogP contribution in [0.5, 0.6) is 0 Å². The highest BCUT2D eigenvalue weighted by Gasteiger charge is 2.16. The largest absolute Gasteiger partial charge is 0.462 e. The summed E-state index contributed by atoms with van der Waals surface area (Å²) in [5.74, 6) is -0.571. The van der Waals surface area contributed by atoms with E-state index < -0.39 is 6.10 Å². The van der Waals surface area contributed by atoms with Crippen LogP contribution in [0.1, 0.15) is 348 Å². The number of carbonyl (C=O) groups excluding carboxylic acids is 2. The second-order valence-electron chi connectivity index (χ2n) is 22.2. The third kappa shape index (κ3) is 62.1. The summed E-state index contributed by atoms with van der Waals surface area (Å²) in [5.41, 5.74) is 0. The molecule has 5 heteroatoms. The van der Waals surface area contributed by atoms with Gasteiger partial charge in [-0.25, -0.2) is 0 Å². The molecule has 0 aliphatic heterocycles. The molecule has 0 rings (SSSR count). The summed E-state index contributed by atoms with van der Waals surface area (Å²) in [6.07, 6.45) is 88.1. The van der Waals surface area contributed by atoms with Crippen LogP contribution in [0.3, 0.4) is 0 Å². The molecule has 1 unspecified atom stereocenters. The molecule has 432 valence electrons. The lowest BCUT2D eigenvalue weighted by molar-refractivity contribution is -0.161. The molecule has 74 heavy (non-hydrogen) atoms. The van der Waals surface area contributed by atoms with Gasteiger partial charge >= 0.3 is 11.9 Å². The second kappa shape index (κ2) is 64.9. The lowest BCUT2D eigenvalue weighted by Crippen LogP contribution is -2.28. The van der Waals surface area contributed by atoms with Crippen LogP contribution < -0.4 is 0 Å². The highest BCUT2D eigenvalue weighted by atomic mass is 16.6. The Morgan fingerprint density at radius 1 is 0.324 bits per heavy atom. The lowest BCUT2D eigenvalue weighted by atomic mass is 10.0. The van der Waals surface area contributed by atoms with E-state index in [0.29, 0.717) is 12.8 Å². The molecular weight excluding hydrogens is 909 g/mol. The highest BCUT2D eigenvalue weighted by Crippen LogP contribution is 2.18. The normalized spacial score (nSPS) is 12.5. The molecule has 0 saturated heterocycles. The van der Waals surface area contributed by atoms with E-state index in [1.165, 1.54) is 257 Å². The van der Waals surface area contributed by atoms with E-state index in [1.807, 2.05) is 0 Å². The fourth-order valence-electron chi connectivity index (χ4n) is 9.90. The first-order chi connectivity index (χ1) is 36.6. The molecule has 5 nitrogen and oxygen atoms in total. The van der Waals surface area contributed by atoms with Gasteiger partial charge in [-0.15, -0.1) is 0 Å². The number of unbranched alkanes of at least 4 members (excludes halogenated alkanes) is 43. The molecule has 0 saturated carbocycles. The van der Waals surface area contributed by atoms with Crippen molar-refractivity contribution in [1.29, 1.82) is 0 Å². The molecule has 0 heterocycles. The van der Waals surface area contributed by atoms with Crippen LogP contribution >= 0.6 is 0 Å². The Morgan fingerprint density at radius 2 is 0.581 bits per heavy atom. The number of hydrogen-bond acceptors (Lipinski definition) is 5. The third-order valence-electron chi connectivity index (χ3n) is 14.8. The van der Waals surface area contributed by atoms with E-state index in [1.54, 1.807) is 0 Å². The summed E-state index contributed by atoms with van der Waals surface area (Å²) < 4.78 is 10.8. The van der Waals surface area contributed by atoms with Crippen molar-refractivity contribution in [1.82, 2.24) is 0 Å². The van der Waals surface area contributed by atoms with Gasteiger partial charge in [0.05, 0.1) is 6.61 Å². The smallest absolute Gasteiger partial charge is 0.306 e. The first-order valence-electron chi connectivity index (χ1n) is 32.8. The quantitative estimate of drug-likeness (QED) is 0.0373. The highest BCUT2D eigenvalue weighted by molar-refractivity contribution is 5.70. The average Bonchev–Trinajstić information content (AvgIpc) is 3.40. The zero-order valence-electron chi connectivity index (χ0n) is 49.6. The number of ether oxygens (including phenoxy) is 2. The maximum absolute atomic E-state index is 12.4. The van der Waals surface area contributed by atoms with Gasteiger partial charge in [0.15, 0.2) is 6.10 Å². The van der Waals surface area contributed by atoms with Gasteiger partial charge in [0, 0.05) is 12.8 Å². The predicted octanol–water partition coefficient (Wildman–Crippen LogP) is 22.5. The van der Waals surface area contributed by atoms with Gasteiger partial charge in [0.1, 0.15) is 6.61 Å². The van der Waals surface area contributed by atoms with Crippen molar-refractivity contribution in [3.05, 3.63) is 60.8 Å². The van der Waals surface area contributed by atoms with Crippen molar-refractivity contribution in [2.75, 3.05) is 13.2 Å². The van der Waals surface area contributed by atoms with E-state index in [-0.39, 0.29) is 25.2 Å². The molecule has 0 aliphatic rings. The number of carbonyl (C=O) groups is 2. The molecule has 0 aromatic heterocycles. The number of allylic oxidation sites excluding steroid dienone is 10. The van der Waals surface area contributed by atoms with Gasteiger partial charge in [-0.3, -0.25) is 9.59 Å². The standard InChI is InChI=1S/C69H126O5/c1-3-5-7-9-11-13-15-17-19-21-23-25-27-29-31-32-33-34-35-36-38-40-42-44-46-48-50-52-54-56-58-60-62-64-69(72)74-67(65-70)66-73-68(71)63-61-59-57-55-53-51-49-47-45-43-41-39-37-30-28-26-24-22-20-18-16-14-12-10-8-6-4-2/h5,7,11,13,17,19,22-25,67,70H,3-4,6,8-10,12,14-16,18,20-21,26-66H2,1-2H3/b7-5-,13-11-,19-17-,24-22-,25-23-. The zero-order chi connectivity index (χ0) is 53.4. The molecule has 0 amide bonds. The average molecular weight is 1040 g/mol. The number of rotatable bonds is 61. The Morgan fingerprint density at radius 3 is 0.892 bits per heavy atom. The Bertz CT molecular complexity index is 1260. The third-order valence-corrected chi connectivity index (χ3v) is 14.8. The van der Waals surface area contributed by atoms with Gasteiger partial charge in [0.25, 0.3) is 0 Å². The number of aliphatic hydroxyl groups is 1. The number of esters is 2.